The maximum atomic E-state index is 12.1. The van der Waals surface area contributed by atoms with Crippen molar-refractivity contribution in [1.29, 1.82) is 0 Å². The first-order valence-corrected chi connectivity index (χ1v) is 3.94. The van der Waals surface area contributed by atoms with Crippen LogP contribution >= 0.6 is 0 Å². The highest BCUT2D eigenvalue weighted by Gasteiger charge is 2.42. The molecule has 0 unspecified atom stereocenters. The van der Waals surface area contributed by atoms with Crippen molar-refractivity contribution in [3.8, 4) is 0 Å². The minimum atomic E-state index is -4.21. The number of piperidine rings is 1. The number of alkyl halides is 3. The van der Waals surface area contributed by atoms with E-state index in [2.05, 4.69) is 5.32 Å². The Labute approximate surface area is 72.9 Å². The van der Waals surface area contributed by atoms with Gasteiger partial charge in [0.25, 0.3) is 0 Å². The Morgan fingerprint density at radius 1 is 1.38 bits per heavy atom. The fraction of sp³-hybridized carbons (Fsp3) is 0.857. The number of carboxylic acid groups (broad SMARTS) is 1. The van der Waals surface area contributed by atoms with Gasteiger partial charge in [-0.15, -0.1) is 0 Å². The van der Waals surface area contributed by atoms with Crippen molar-refractivity contribution in [2.75, 3.05) is 6.54 Å². The Hall–Kier alpha value is -0.780. The summed E-state index contributed by atoms with van der Waals surface area (Å²) in [4.78, 5) is 10.4. The van der Waals surface area contributed by atoms with E-state index in [1.165, 1.54) is 0 Å². The summed E-state index contributed by atoms with van der Waals surface area (Å²) in [6.07, 6.45) is -4.27. The quantitative estimate of drug-likeness (QED) is 0.659. The molecule has 1 heterocycles. The van der Waals surface area contributed by atoms with Gasteiger partial charge < -0.3 is 10.4 Å². The molecule has 1 rings (SSSR count). The van der Waals surface area contributed by atoms with Crippen LogP contribution in [0.25, 0.3) is 0 Å². The second kappa shape index (κ2) is 3.53. The molecule has 0 bridgehead atoms. The lowest BCUT2D eigenvalue weighted by atomic mass is 9.94. The molecule has 2 N–H and O–H groups in total. The van der Waals surface area contributed by atoms with Gasteiger partial charge in [0.15, 0.2) is 0 Å². The Morgan fingerprint density at radius 3 is 2.31 bits per heavy atom. The van der Waals surface area contributed by atoms with Gasteiger partial charge in [-0.1, -0.05) is 0 Å². The molecule has 1 aliphatic heterocycles. The van der Waals surface area contributed by atoms with Crippen molar-refractivity contribution in [1.82, 2.24) is 5.32 Å². The van der Waals surface area contributed by atoms with E-state index in [9.17, 15) is 18.0 Å². The predicted molar refractivity (Wildman–Crippen MR) is 38.2 cm³/mol. The van der Waals surface area contributed by atoms with E-state index in [1.807, 2.05) is 0 Å². The van der Waals surface area contributed by atoms with Gasteiger partial charge >= 0.3 is 12.1 Å². The summed E-state index contributed by atoms with van der Waals surface area (Å²) in [5, 5.41) is 10.8. The van der Waals surface area contributed by atoms with E-state index in [0.29, 0.717) is 0 Å². The number of carboxylic acids is 1. The maximum absolute atomic E-state index is 12.1. The van der Waals surface area contributed by atoms with E-state index < -0.39 is 24.1 Å². The van der Waals surface area contributed by atoms with Crippen LogP contribution in [0.5, 0.6) is 0 Å². The first kappa shape index (κ1) is 10.3. The van der Waals surface area contributed by atoms with Crippen LogP contribution in [0.1, 0.15) is 12.8 Å². The highest BCUT2D eigenvalue weighted by molar-refractivity contribution is 5.73. The smallest absolute Gasteiger partial charge is 0.393 e. The highest BCUT2D eigenvalue weighted by Crippen LogP contribution is 2.31. The number of carbonyl (C=O) groups is 1. The summed E-state index contributed by atoms with van der Waals surface area (Å²) in [5.74, 6) is -2.48. The van der Waals surface area contributed by atoms with Crippen LogP contribution in [0.4, 0.5) is 13.2 Å². The molecule has 1 fully saturated rings. The predicted octanol–water partition coefficient (Wildman–Crippen LogP) is 1.00. The molecule has 0 aromatic rings. The standard InChI is InChI=1S/C7H10F3NO2/c8-7(9,10)4-1-2-5(6(12)13)11-3-4/h4-5,11H,1-3H2,(H,12,13)/t4-,5-/m0/s1. The molecule has 13 heavy (non-hydrogen) atoms. The third-order valence-corrected chi connectivity index (χ3v) is 2.18. The van der Waals surface area contributed by atoms with Gasteiger partial charge in [0.05, 0.1) is 5.92 Å². The third kappa shape index (κ3) is 2.58. The van der Waals surface area contributed by atoms with Gasteiger partial charge in [-0.25, -0.2) is 0 Å². The molecular formula is C7H10F3NO2. The molecule has 0 radical (unpaired) electrons. The van der Waals surface area contributed by atoms with Crippen LogP contribution in [0, 0.1) is 5.92 Å². The average molecular weight is 197 g/mol. The largest absolute Gasteiger partial charge is 0.480 e. The Morgan fingerprint density at radius 2 is 2.00 bits per heavy atom. The minimum Gasteiger partial charge on any atom is -0.480 e. The molecule has 2 atom stereocenters. The van der Waals surface area contributed by atoms with Gasteiger partial charge in [0.1, 0.15) is 6.04 Å². The Kier molecular flexibility index (Phi) is 2.80. The second-order valence-corrected chi connectivity index (χ2v) is 3.11. The van der Waals surface area contributed by atoms with E-state index >= 15 is 0 Å². The summed E-state index contributed by atoms with van der Waals surface area (Å²) >= 11 is 0. The normalized spacial score (nSPS) is 30.1. The lowest BCUT2D eigenvalue weighted by Gasteiger charge is -2.28. The summed E-state index contributed by atoms with van der Waals surface area (Å²) in [7, 11) is 0. The molecule has 6 heteroatoms. The van der Waals surface area contributed by atoms with Crippen LogP contribution in [-0.2, 0) is 4.79 Å². The summed E-state index contributed by atoms with van der Waals surface area (Å²) < 4.78 is 36.2. The minimum absolute atomic E-state index is 0.0412. The SMILES string of the molecule is O=C(O)[C@@H]1CC[C@H](C(F)(F)F)CN1. The van der Waals surface area contributed by atoms with Crippen molar-refractivity contribution in [3.63, 3.8) is 0 Å². The number of rotatable bonds is 1. The van der Waals surface area contributed by atoms with Crippen LogP contribution in [0.3, 0.4) is 0 Å². The van der Waals surface area contributed by atoms with Gasteiger partial charge in [0, 0.05) is 6.54 Å². The molecule has 0 spiro atoms. The van der Waals surface area contributed by atoms with Crippen LogP contribution in [0.15, 0.2) is 0 Å². The zero-order valence-electron chi connectivity index (χ0n) is 6.77. The van der Waals surface area contributed by atoms with Crippen LogP contribution < -0.4 is 5.32 Å². The van der Waals surface area contributed by atoms with Crippen LogP contribution in [-0.4, -0.2) is 29.8 Å². The van der Waals surface area contributed by atoms with Crippen LogP contribution in [0.2, 0.25) is 0 Å². The summed E-state index contributed by atoms with van der Waals surface area (Å²) in [6.45, 7) is -0.291. The molecular weight excluding hydrogens is 187 g/mol. The first-order chi connectivity index (χ1) is 5.91. The first-order valence-electron chi connectivity index (χ1n) is 3.94. The molecule has 0 aromatic carbocycles. The highest BCUT2D eigenvalue weighted by atomic mass is 19.4. The maximum Gasteiger partial charge on any atom is 0.393 e. The monoisotopic (exact) mass is 197 g/mol. The molecule has 0 amide bonds. The lowest BCUT2D eigenvalue weighted by Crippen LogP contribution is -2.47. The van der Waals surface area contributed by atoms with E-state index in [0.717, 1.165) is 0 Å². The molecule has 1 aliphatic rings. The summed E-state index contributed by atoms with van der Waals surface area (Å²) in [6, 6.07) is -0.821. The lowest BCUT2D eigenvalue weighted by molar-refractivity contribution is -0.181. The second-order valence-electron chi connectivity index (χ2n) is 3.11. The topological polar surface area (TPSA) is 49.3 Å². The molecule has 1 saturated heterocycles. The van der Waals surface area contributed by atoms with Crippen molar-refractivity contribution in [3.05, 3.63) is 0 Å². The van der Waals surface area contributed by atoms with E-state index in [1.54, 1.807) is 0 Å². The van der Waals surface area contributed by atoms with Crippen molar-refractivity contribution >= 4 is 5.97 Å². The van der Waals surface area contributed by atoms with E-state index in [4.69, 9.17) is 5.11 Å². The fourth-order valence-electron chi connectivity index (χ4n) is 1.35. The molecule has 0 aliphatic carbocycles. The zero-order chi connectivity index (χ0) is 10.1. The number of hydrogen-bond acceptors (Lipinski definition) is 2. The molecule has 76 valence electrons. The van der Waals surface area contributed by atoms with Crippen molar-refractivity contribution in [2.24, 2.45) is 5.92 Å². The average Bonchev–Trinajstić information content (AvgIpc) is 2.03. The molecule has 3 nitrogen and oxygen atoms in total. The number of aliphatic carboxylic acids is 1. The molecule has 0 saturated carbocycles. The third-order valence-electron chi connectivity index (χ3n) is 2.18. The fourth-order valence-corrected chi connectivity index (χ4v) is 1.35. The Bertz CT molecular complexity index is 196. The Balaban J connectivity index is 2.44. The van der Waals surface area contributed by atoms with E-state index in [-0.39, 0.29) is 19.4 Å². The van der Waals surface area contributed by atoms with Gasteiger partial charge in [-0.05, 0) is 12.8 Å². The number of halogens is 3. The summed E-state index contributed by atoms with van der Waals surface area (Å²) in [5.41, 5.74) is 0. The number of hydrogen-bond donors (Lipinski definition) is 2. The van der Waals surface area contributed by atoms with Gasteiger partial charge in [0.2, 0.25) is 0 Å². The van der Waals surface area contributed by atoms with Crippen molar-refractivity contribution in [2.45, 2.75) is 25.1 Å². The van der Waals surface area contributed by atoms with Crippen molar-refractivity contribution < 1.29 is 23.1 Å². The number of nitrogens with one attached hydrogen (secondary N) is 1. The van der Waals surface area contributed by atoms with Gasteiger partial charge in [-0.2, -0.15) is 13.2 Å². The molecule has 0 aromatic heterocycles. The zero-order valence-corrected chi connectivity index (χ0v) is 6.77. The van der Waals surface area contributed by atoms with Gasteiger partial charge in [-0.3, -0.25) is 4.79 Å².